The Bertz CT molecular complexity index is 885. The van der Waals surface area contributed by atoms with Gasteiger partial charge in [-0.1, -0.05) is 19.4 Å². The van der Waals surface area contributed by atoms with Gasteiger partial charge in [-0.3, -0.25) is 4.99 Å². The van der Waals surface area contributed by atoms with Crippen LogP contribution in [-0.4, -0.2) is 38.5 Å². The predicted molar refractivity (Wildman–Crippen MR) is 97.8 cm³/mol. The molecule has 2 unspecified atom stereocenters. The Kier molecular flexibility index (Phi) is 7.14. The standard InChI is InChI=1S/C20H20F4N2O3/c1-5-6-14-18(25-2)16(17(19(27)29-4)15(26-14)10-28-3)12-8-7-11(21)9-13(12)20(22,23)24/h7-9,16,18H,5-6,10H2,1,3-4H3. The number of rotatable bonds is 6. The number of hydrogen-bond acceptors (Lipinski definition) is 4. The molecule has 156 valence electrons. The number of alkyl halides is 3. The summed E-state index contributed by atoms with van der Waals surface area (Å²) in [6.07, 6.45) is -3.93. The zero-order chi connectivity index (χ0) is 21.8. The summed E-state index contributed by atoms with van der Waals surface area (Å²) in [5.41, 5.74) is -1.36. The Labute approximate surface area is 165 Å². The van der Waals surface area contributed by atoms with Crippen molar-refractivity contribution in [2.75, 3.05) is 20.8 Å². The zero-order valence-electron chi connectivity index (χ0n) is 16.1. The van der Waals surface area contributed by atoms with Crippen LogP contribution >= 0.6 is 0 Å². The van der Waals surface area contributed by atoms with Crippen molar-refractivity contribution in [3.8, 4) is 0 Å². The second-order valence-electron chi connectivity index (χ2n) is 6.42. The number of ether oxygens (including phenoxy) is 2. The summed E-state index contributed by atoms with van der Waals surface area (Å²) in [6, 6.07) is 1.05. The average Bonchev–Trinajstić information content (AvgIpc) is 2.67. The van der Waals surface area contributed by atoms with Crippen LogP contribution in [0.25, 0.3) is 4.85 Å². The Morgan fingerprint density at radius 1 is 1.31 bits per heavy atom. The molecule has 0 radical (unpaired) electrons. The monoisotopic (exact) mass is 412 g/mol. The fourth-order valence-electron chi connectivity index (χ4n) is 3.41. The molecule has 1 heterocycles. The molecule has 1 aliphatic heterocycles. The van der Waals surface area contributed by atoms with Crippen LogP contribution in [0.1, 0.15) is 36.8 Å². The minimum absolute atomic E-state index is 0.102. The van der Waals surface area contributed by atoms with E-state index in [2.05, 4.69) is 9.84 Å². The number of hydrogen-bond donors (Lipinski definition) is 0. The molecule has 9 heteroatoms. The van der Waals surface area contributed by atoms with Gasteiger partial charge in [-0.05, 0) is 24.1 Å². The summed E-state index contributed by atoms with van der Waals surface area (Å²) >= 11 is 0. The van der Waals surface area contributed by atoms with Crippen molar-refractivity contribution in [1.29, 1.82) is 0 Å². The number of nitrogens with zero attached hydrogens (tertiary/aromatic N) is 2. The molecule has 0 saturated carbocycles. The number of carbonyl (C=O) groups is 1. The third-order valence-electron chi connectivity index (χ3n) is 4.55. The molecule has 0 aliphatic carbocycles. The molecule has 0 N–H and O–H groups in total. The Balaban J connectivity index is 2.86. The fraction of sp³-hybridized carbons (Fsp3) is 0.450. The van der Waals surface area contributed by atoms with Crippen molar-refractivity contribution < 1.29 is 31.8 Å². The SMILES string of the molecule is [C-]#[N+]C1C(CCC)=NC(COC)=C(C(=O)OC)C1c1ccc(F)cc1C(F)(F)F. The molecule has 2 atom stereocenters. The van der Waals surface area contributed by atoms with Crippen LogP contribution in [0.3, 0.4) is 0 Å². The highest BCUT2D eigenvalue weighted by molar-refractivity contribution is 6.01. The first-order chi connectivity index (χ1) is 13.7. The Morgan fingerprint density at radius 2 is 2.00 bits per heavy atom. The highest BCUT2D eigenvalue weighted by atomic mass is 19.4. The summed E-state index contributed by atoms with van der Waals surface area (Å²) < 4.78 is 64.5. The van der Waals surface area contributed by atoms with E-state index in [1.807, 2.05) is 6.92 Å². The summed E-state index contributed by atoms with van der Waals surface area (Å²) in [6.45, 7) is 9.28. The summed E-state index contributed by atoms with van der Waals surface area (Å²) in [4.78, 5) is 20.4. The molecule has 5 nitrogen and oxygen atoms in total. The maximum Gasteiger partial charge on any atom is 0.416 e. The van der Waals surface area contributed by atoms with E-state index in [9.17, 15) is 22.4 Å². The lowest BCUT2D eigenvalue weighted by molar-refractivity contribution is -0.139. The first-order valence-corrected chi connectivity index (χ1v) is 8.80. The third kappa shape index (κ3) is 4.65. The van der Waals surface area contributed by atoms with Crippen LogP contribution < -0.4 is 0 Å². The van der Waals surface area contributed by atoms with Gasteiger partial charge in [-0.2, -0.15) is 13.2 Å². The van der Waals surface area contributed by atoms with Crippen molar-refractivity contribution in [2.24, 2.45) is 4.99 Å². The molecule has 1 aromatic rings. The maximum atomic E-state index is 13.7. The molecule has 29 heavy (non-hydrogen) atoms. The topological polar surface area (TPSA) is 52.2 Å². The van der Waals surface area contributed by atoms with E-state index in [-0.39, 0.29) is 23.4 Å². The van der Waals surface area contributed by atoms with Gasteiger partial charge in [0.25, 0.3) is 6.04 Å². The summed E-state index contributed by atoms with van der Waals surface area (Å²) in [7, 11) is 2.44. The lowest BCUT2D eigenvalue weighted by Gasteiger charge is -2.29. The summed E-state index contributed by atoms with van der Waals surface area (Å²) in [5, 5.41) is 0. The van der Waals surface area contributed by atoms with Crippen molar-refractivity contribution in [1.82, 2.24) is 0 Å². The van der Waals surface area contributed by atoms with E-state index < -0.39 is 35.5 Å². The zero-order valence-corrected chi connectivity index (χ0v) is 16.1. The lowest BCUT2D eigenvalue weighted by Crippen LogP contribution is -2.35. The fourth-order valence-corrected chi connectivity index (χ4v) is 3.41. The van der Waals surface area contributed by atoms with E-state index in [0.717, 1.165) is 19.2 Å². The molecule has 1 aromatic carbocycles. The van der Waals surface area contributed by atoms with Gasteiger partial charge >= 0.3 is 12.1 Å². The Morgan fingerprint density at radius 3 is 2.52 bits per heavy atom. The van der Waals surface area contributed by atoms with Crippen molar-refractivity contribution in [2.45, 2.75) is 37.9 Å². The maximum absolute atomic E-state index is 13.7. The first kappa shape index (κ1) is 22.6. The number of methoxy groups -OCH3 is 2. The van der Waals surface area contributed by atoms with Gasteiger partial charge in [-0.25, -0.2) is 15.8 Å². The average molecular weight is 412 g/mol. The molecule has 2 rings (SSSR count). The second kappa shape index (κ2) is 9.18. The molecule has 0 spiro atoms. The van der Waals surface area contributed by atoms with Crippen molar-refractivity contribution >= 4 is 11.7 Å². The normalized spacial score (nSPS) is 19.6. The number of carbonyl (C=O) groups excluding carboxylic acids is 1. The van der Waals surface area contributed by atoms with E-state index in [1.165, 1.54) is 7.11 Å². The Hall–Kier alpha value is -2.73. The number of esters is 1. The first-order valence-electron chi connectivity index (χ1n) is 8.80. The van der Waals surface area contributed by atoms with Crippen molar-refractivity contribution in [3.05, 3.63) is 57.8 Å². The minimum atomic E-state index is -4.88. The second-order valence-corrected chi connectivity index (χ2v) is 6.42. The summed E-state index contributed by atoms with van der Waals surface area (Å²) in [5.74, 6) is -3.30. The number of aliphatic imine (C=N–C) groups is 1. The van der Waals surface area contributed by atoms with Gasteiger partial charge < -0.3 is 14.3 Å². The highest BCUT2D eigenvalue weighted by Gasteiger charge is 2.47. The molecule has 1 aliphatic rings. The van der Waals surface area contributed by atoms with E-state index in [4.69, 9.17) is 16.0 Å². The molecule has 0 amide bonds. The van der Waals surface area contributed by atoms with E-state index >= 15 is 0 Å². The van der Waals surface area contributed by atoms with Crippen LogP contribution in [0.4, 0.5) is 17.6 Å². The molecule has 0 aromatic heterocycles. The van der Waals surface area contributed by atoms with Gasteiger partial charge in [0.1, 0.15) is 11.5 Å². The van der Waals surface area contributed by atoms with Crippen LogP contribution in [-0.2, 0) is 20.4 Å². The van der Waals surface area contributed by atoms with Gasteiger partial charge in [0.2, 0.25) is 0 Å². The van der Waals surface area contributed by atoms with E-state index in [1.54, 1.807) is 0 Å². The van der Waals surface area contributed by atoms with Crippen LogP contribution in [0, 0.1) is 12.4 Å². The highest BCUT2D eigenvalue weighted by Crippen LogP contribution is 2.44. The molecular formula is C20H20F4N2O3. The van der Waals surface area contributed by atoms with Crippen LogP contribution in [0.5, 0.6) is 0 Å². The lowest BCUT2D eigenvalue weighted by atomic mass is 9.77. The smallest absolute Gasteiger partial charge is 0.416 e. The molecular weight excluding hydrogens is 392 g/mol. The number of halogens is 4. The molecule has 0 bridgehead atoms. The van der Waals surface area contributed by atoms with Crippen LogP contribution in [0.15, 0.2) is 34.5 Å². The van der Waals surface area contributed by atoms with Gasteiger partial charge in [0, 0.05) is 7.11 Å². The van der Waals surface area contributed by atoms with E-state index in [0.29, 0.717) is 24.6 Å². The third-order valence-corrected chi connectivity index (χ3v) is 4.55. The molecule has 0 saturated heterocycles. The van der Waals surface area contributed by atoms with Gasteiger partial charge in [0.15, 0.2) is 0 Å². The number of benzene rings is 1. The minimum Gasteiger partial charge on any atom is -0.466 e. The van der Waals surface area contributed by atoms with Crippen LogP contribution in [0.2, 0.25) is 0 Å². The van der Waals surface area contributed by atoms with Gasteiger partial charge in [-0.15, -0.1) is 0 Å². The quantitative estimate of drug-likeness (QED) is 0.392. The predicted octanol–water partition coefficient (Wildman–Crippen LogP) is 4.54. The largest absolute Gasteiger partial charge is 0.466 e. The van der Waals surface area contributed by atoms with Crippen molar-refractivity contribution in [3.63, 3.8) is 0 Å². The van der Waals surface area contributed by atoms with Gasteiger partial charge in [0.05, 0.1) is 36.5 Å². The molecule has 0 fully saturated rings.